The number of aromatic hydroxyl groups is 2. The van der Waals surface area contributed by atoms with Crippen LogP contribution in [0, 0.1) is 0 Å². The summed E-state index contributed by atoms with van der Waals surface area (Å²) in [5, 5.41) is 33.4. The van der Waals surface area contributed by atoms with Crippen molar-refractivity contribution in [1.82, 2.24) is 0 Å². The standard InChI is InChI=1S/C6H6O2.2C3H8O.Ti/c7-5-3-1-2-4-6(5)8;2*1-3(2)4;/h1-4,7-8H;2*3-4H,1-2H3;. The predicted octanol–water partition coefficient (Wildman–Crippen LogP) is 1.87. The number of para-hydroxylation sites is 2. The average Bonchev–Trinajstić information content (AvgIpc) is 2.08. The number of hydrogen-bond acceptors (Lipinski definition) is 4. The molecule has 0 saturated carbocycles. The molecule has 1 aromatic rings. The van der Waals surface area contributed by atoms with Crippen LogP contribution in [0.25, 0.3) is 0 Å². The van der Waals surface area contributed by atoms with Crippen LogP contribution in [0.4, 0.5) is 0 Å². The molecule has 1 rings (SSSR count). The van der Waals surface area contributed by atoms with Crippen LogP contribution in [-0.4, -0.2) is 32.6 Å². The Labute approximate surface area is 118 Å². The van der Waals surface area contributed by atoms with E-state index in [9.17, 15) is 0 Å². The van der Waals surface area contributed by atoms with Crippen molar-refractivity contribution >= 4 is 0 Å². The van der Waals surface area contributed by atoms with Crippen LogP contribution in [0.3, 0.4) is 0 Å². The first-order chi connectivity index (χ1) is 7.27. The van der Waals surface area contributed by atoms with Gasteiger partial charge < -0.3 is 20.4 Å². The molecule has 98 valence electrons. The van der Waals surface area contributed by atoms with Crippen molar-refractivity contribution in [2.75, 3.05) is 0 Å². The molecular formula is C12H22O4Ti. The SMILES string of the molecule is CC(C)O.CC(C)O.Oc1ccccc1O.[Ti]. The van der Waals surface area contributed by atoms with E-state index >= 15 is 0 Å². The molecule has 0 amide bonds. The van der Waals surface area contributed by atoms with E-state index in [0.29, 0.717) is 0 Å². The molecule has 4 N–H and O–H groups in total. The summed E-state index contributed by atoms with van der Waals surface area (Å²) in [7, 11) is 0. The van der Waals surface area contributed by atoms with Gasteiger partial charge >= 0.3 is 0 Å². The van der Waals surface area contributed by atoms with Crippen molar-refractivity contribution in [3.63, 3.8) is 0 Å². The molecule has 0 fully saturated rings. The summed E-state index contributed by atoms with van der Waals surface area (Å²) in [5.74, 6) is -0.153. The van der Waals surface area contributed by atoms with Crippen molar-refractivity contribution in [1.29, 1.82) is 0 Å². The molecule has 0 unspecified atom stereocenters. The second-order valence-electron chi connectivity index (χ2n) is 3.68. The van der Waals surface area contributed by atoms with Gasteiger partial charge in [-0.2, -0.15) is 0 Å². The quantitative estimate of drug-likeness (QED) is 0.431. The fourth-order valence-corrected chi connectivity index (χ4v) is 0.464. The topological polar surface area (TPSA) is 80.9 Å². The average molecular weight is 278 g/mol. The van der Waals surface area contributed by atoms with Gasteiger partial charge in [-0.25, -0.2) is 0 Å². The molecule has 0 aliphatic rings. The van der Waals surface area contributed by atoms with Gasteiger partial charge in [-0.3, -0.25) is 0 Å². The van der Waals surface area contributed by atoms with Crippen molar-refractivity contribution < 1.29 is 42.1 Å². The summed E-state index contributed by atoms with van der Waals surface area (Å²) in [6, 6.07) is 6.15. The number of phenols is 2. The maximum atomic E-state index is 8.67. The van der Waals surface area contributed by atoms with E-state index in [0.717, 1.165) is 0 Å². The summed E-state index contributed by atoms with van der Waals surface area (Å²) >= 11 is 0. The molecule has 0 aliphatic heterocycles. The van der Waals surface area contributed by atoms with Crippen LogP contribution in [-0.2, 0) is 21.7 Å². The zero-order valence-electron chi connectivity index (χ0n) is 10.8. The van der Waals surface area contributed by atoms with Crippen molar-refractivity contribution in [3.05, 3.63) is 24.3 Å². The summed E-state index contributed by atoms with van der Waals surface area (Å²) in [6.07, 6.45) is -0.333. The monoisotopic (exact) mass is 278 g/mol. The molecule has 0 aliphatic carbocycles. The van der Waals surface area contributed by atoms with Gasteiger partial charge in [-0.05, 0) is 39.8 Å². The number of aliphatic hydroxyl groups excluding tert-OH is 2. The van der Waals surface area contributed by atoms with Crippen LogP contribution in [0.15, 0.2) is 24.3 Å². The normalized spacial score (nSPS) is 8.47. The van der Waals surface area contributed by atoms with E-state index in [1.807, 2.05) is 0 Å². The molecule has 0 atom stereocenters. The molecule has 0 heterocycles. The van der Waals surface area contributed by atoms with Crippen LogP contribution in [0.1, 0.15) is 27.7 Å². The van der Waals surface area contributed by atoms with Crippen molar-refractivity contribution in [2.24, 2.45) is 0 Å². The third kappa shape index (κ3) is 25.6. The van der Waals surface area contributed by atoms with Gasteiger partial charge in [0.05, 0.1) is 0 Å². The number of hydrogen-bond donors (Lipinski definition) is 4. The number of rotatable bonds is 0. The van der Waals surface area contributed by atoms with E-state index in [2.05, 4.69) is 0 Å². The Balaban J connectivity index is -0.000000189. The third-order valence-corrected chi connectivity index (χ3v) is 0.882. The minimum atomic E-state index is -0.167. The minimum Gasteiger partial charge on any atom is -0.504 e. The summed E-state index contributed by atoms with van der Waals surface area (Å²) in [5.41, 5.74) is 0. The molecule has 1 aromatic carbocycles. The Morgan fingerprint density at radius 3 is 1.06 bits per heavy atom. The smallest absolute Gasteiger partial charge is 0.157 e. The van der Waals surface area contributed by atoms with Gasteiger partial charge in [0.1, 0.15) is 0 Å². The predicted molar refractivity (Wildman–Crippen MR) is 64.5 cm³/mol. The fourth-order valence-electron chi connectivity index (χ4n) is 0.464. The van der Waals surface area contributed by atoms with Gasteiger partial charge in [0, 0.05) is 33.9 Å². The zero-order valence-corrected chi connectivity index (χ0v) is 12.3. The molecule has 0 radical (unpaired) electrons. The first kappa shape index (κ1) is 21.7. The largest absolute Gasteiger partial charge is 0.504 e. The van der Waals surface area contributed by atoms with Crippen LogP contribution < -0.4 is 0 Å². The van der Waals surface area contributed by atoms with Gasteiger partial charge in [0.2, 0.25) is 0 Å². The second kappa shape index (κ2) is 13.5. The fraction of sp³-hybridized carbons (Fsp3) is 0.500. The Hall–Kier alpha value is -0.546. The Kier molecular flexibility index (Phi) is 17.3. The second-order valence-corrected chi connectivity index (χ2v) is 3.68. The molecule has 0 spiro atoms. The number of phenolic OH excluding ortho intramolecular Hbond substituents is 2. The van der Waals surface area contributed by atoms with Crippen LogP contribution in [0.5, 0.6) is 11.5 Å². The molecule has 5 heteroatoms. The van der Waals surface area contributed by atoms with Crippen LogP contribution in [0.2, 0.25) is 0 Å². The number of benzene rings is 1. The summed E-state index contributed by atoms with van der Waals surface area (Å²) < 4.78 is 0. The van der Waals surface area contributed by atoms with Gasteiger partial charge in [0.25, 0.3) is 0 Å². The van der Waals surface area contributed by atoms with E-state index in [1.165, 1.54) is 12.1 Å². The minimum absolute atomic E-state index is 0. The first-order valence-electron chi connectivity index (χ1n) is 5.10. The molecular weight excluding hydrogens is 256 g/mol. The van der Waals surface area contributed by atoms with E-state index in [1.54, 1.807) is 39.8 Å². The zero-order chi connectivity index (χ0) is 13.1. The molecule has 0 aromatic heterocycles. The maximum absolute atomic E-state index is 8.67. The van der Waals surface area contributed by atoms with Gasteiger partial charge in [-0.15, -0.1) is 0 Å². The van der Waals surface area contributed by atoms with Crippen molar-refractivity contribution in [3.8, 4) is 11.5 Å². The molecule has 0 bridgehead atoms. The molecule has 17 heavy (non-hydrogen) atoms. The first-order valence-corrected chi connectivity index (χ1v) is 5.10. The summed E-state index contributed by atoms with van der Waals surface area (Å²) in [4.78, 5) is 0. The Bertz CT molecular complexity index is 232. The molecule has 4 nitrogen and oxygen atoms in total. The van der Waals surface area contributed by atoms with Crippen LogP contribution >= 0.6 is 0 Å². The Morgan fingerprint density at radius 1 is 0.765 bits per heavy atom. The van der Waals surface area contributed by atoms with E-state index < -0.39 is 0 Å². The maximum Gasteiger partial charge on any atom is 0.157 e. The van der Waals surface area contributed by atoms with E-state index in [-0.39, 0.29) is 45.4 Å². The van der Waals surface area contributed by atoms with Gasteiger partial charge in [0.15, 0.2) is 11.5 Å². The number of aliphatic hydroxyl groups is 2. The van der Waals surface area contributed by atoms with Gasteiger partial charge in [-0.1, -0.05) is 12.1 Å². The third-order valence-electron chi connectivity index (χ3n) is 0.882. The molecule has 0 saturated heterocycles. The van der Waals surface area contributed by atoms with Crippen molar-refractivity contribution in [2.45, 2.75) is 39.9 Å². The van der Waals surface area contributed by atoms with E-state index in [4.69, 9.17) is 20.4 Å². The Morgan fingerprint density at radius 2 is 0.941 bits per heavy atom. The summed E-state index contributed by atoms with van der Waals surface area (Å²) in [6.45, 7) is 6.89.